The quantitative estimate of drug-likeness (QED) is 0.937. The van der Waals surface area contributed by atoms with Crippen LogP contribution in [-0.2, 0) is 0 Å². The van der Waals surface area contributed by atoms with Crippen LogP contribution in [0.4, 0.5) is 5.95 Å². The molecule has 0 aliphatic carbocycles. The molecule has 0 aliphatic heterocycles. The highest BCUT2D eigenvalue weighted by Crippen LogP contribution is 2.17. The summed E-state index contributed by atoms with van der Waals surface area (Å²) in [5.74, 6) is 0.695. The minimum Gasteiger partial charge on any atom is -0.350 e. The van der Waals surface area contributed by atoms with Crippen molar-refractivity contribution >= 4 is 27.5 Å². The minimum atomic E-state index is 0.441. The first-order chi connectivity index (χ1) is 7.74. The van der Waals surface area contributed by atoms with Crippen molar-refractivity contribution in [2.75, 3.05) is 5.32 Å². The van der Waals surface area contributed by atoms with Crippen molar-refractivity contribution in [3.8, 4) is 0 Å². The van der Waals surface area contributed by atoms with E-state index in [0.29, 0.717) is 12.0 Å². The maximum Gasteiger partial charge on any atom is 0.243 e. The van der Waals surface area contributed by atoms with Gasteiger partial charge < -0.3 is 5.32 Å². The first-order valence-corrected chi connectivity index (χ1v) is 6.31. The van der Waals surface area contributed by atoms with Gasteiger partial charge in [-0.1, -0.05) is 13.8 Å². The van der Waals surface area contributed by atoms with Crippen molar-refractivity contribution in [1.29, 1.82) is 0 Å². The largest absolute Gasteiger partial charge is 0.350 e. The van der Waals surface area contributed by atoms with Crippen molar-refractivity contribution in [3.63, 3.8) is 0 Å². The number of fused-ring (bicyclic) bond motifs is 1. The predicted octanol–water partition coefficient (Wildman–Crippen LogP) is 3.09. The highest BCUT2D eigenvalue weighted by molar-refractivity contribution is 9.10. The van der Waals surface area contributed by atoms with Crippen molar-refractivity contribution in [2.45, 2.75) is 32.7 Å². The smallest absolute Gasteiger partial charge is 0.243 e. The Morgan fingerprint density at radius 1 is 1.44 bits per heavy atom. The number of rotatable bonds is 4. The van der Waals surface area contributed by atoms with Crippen molar-refractivity contribution in [3.05, 3.63) is 22.8 Å². The molecule has 0 saturated carbocycles. The van der Waals surface area contributed by atoms with Gasteiger partial charge in [0.2, 0.25) is 5.95 Å². The van der Waals surface area contributed by atoms with E-state index in [4.69, 9.17) is 0 Å². The zero-order chi connectivity index (χ0) is 11.5. The van der Waals surface area contributed by atoms with Gasteiger partial charge in [-0.05, 0) is 40.9 Å². The third-order valence-electron chi connectivity index (χ3n) is 2.63. The molecule has 0 atom stereocenters. The van der Waals surface area contributed by atoms with Crippen LogP contribution in [0.25, 0.3) is 5.65 Å². The molecule has 2 aromatic heterocycles. The topological polar surface area (TPSA) is 42.2 Å². The first-order valence-electron chi connectivity index (χ1n) is 5.52. The number of halogens is 1. The van der Waals surface area contributed by atoms with Crippen LogP contribution in [0.2, 0.25) is 0 Å². The van der Waals surface area contributed by atoms with E-state index in [9.17, 15) is 0 Å². The van der Waals surface area contributed by atoms with Gasteiger partial charge >= 0.3 is 0 Å². The van der Waals surface area contributed by atoms with Crippen LogP contribution in [0.5, 0.6) is 0 Å². The summed E-state index contributed by atoms with van der Waals surface area (Å²) in [5.41, 5.74) is 0.843. The standard InChI is InChI=1S/C11H15BrN4/c1-3-8(4-2)13-11-14-10-9(12)6-5-7-16(10)15-11/h5-8H,3-4H2,1-2H3,(H,13,15). The van der Waals surface area contributed by atoms with E-state index in [2.05, 4.69) is 45.2 Å². The van der Waals surface area contributed by atoms with E-state index >= 15 is 0 Å². The fourth-order valence-electron chi connectivity index (χ4n) is 1.61. The molecule has 0 fully saturated rings. The Morgan fingerprint density at radius 3 is 2.81 bits per heavy atom. The van der Waals surface area contributed by atoms with Gasteiger partial charge in [-0.25, -0.2) is 4.52 Å². The lowest BCUT2D eigenvalue weighted by Crippen LogP contribution is -2.17. The van der Waals surface area contributed by atoms with Crippen LogP contribution >= 0.6 is 15.9 Å². The number of nitrogens with zero attached hydrogens (tertiary/aromatic N) is 3. The highest BCUT2D eigenvalue weighted by Gasteiger charge is 2.09. The second kappa shape index (κ2) is 4.82. The molecule has 1 N–H and O–H groups in total. The normalized spacial score (nSPS) is 11.2. The zero-order valence-corrected chi connectivity index (χ0v) is 11.0. The summed E-state index contributed by atoms with van der Waals surface area (Å²) in [6, 6.07) is 4.34. The second-order valence-electron chi connectivity index (χ2n) is 3.72. The van der Waals surface area contributed by atoms with Gasteiger partial charge in [0.1, 0.15) is 0 Å². The number of hydrogen-bond donors (Lipinski definition) is 1. The van der Waals surface area contributed by atoms with Crippen molar-refractivity contribution < 1.29 is 0 Å². The lowest BCUT2D eigenvalue weighted by Gasteiger charge is -2.11. The molecule has 5 heteroatoms. The van der Waals surface area contributed by atoms with Gasteiger partial charge in [-0.15, -0.1) is 5.10 Å². The van der Waals surface area contributed by atoms with Crippen molar-refractivity contribution in [2.24, 2.45) is 0 Å². The molecule has 0 aromatic carbocycles. The summed E-state index contributed by atoms with van der Waals surface area (Å²) in [7, 11) is 0. The monoisotopic (exact) mass is 282 g/mol. The Balaban J connectivity index is 2.29. The molecule has 0 aliphatic rings. The van der Waals surface area contributed by atoms with E-state index in [1.54, 1.807) is 4.52 Å². The van der Waals surface area contributed by atoms with E-state index in [0.717, 1.165) is 23.0 Å². The molecule has 0 bridgehead atoms. The van der Waals surface area contributed by atoms with Crippen molar-refractivity contribution in [1.82, 2.24) is 14.6 Å². The van der Waals surface area contributed by atoms with Crippen LogP contribution in [0.15, 0.2) is 22.8 Å². The van der Waals surface area contributed by atoms with Crippen LogP contribution in [-0.4, -0.2) is 20.6 Å². The van der Waals surface area contributed by atoms with Gasteiger partial charge in [-0.3, -0.25) is 0 Å². The second-order valence-corrected chi connectivity index (χ2v) is 4.57. The van der Waals surface area contributed by atoms with Crippen LogP contribution < -0.4 is 5.32 Å². The summed E-state index contributed by atoms with van der Waals surface area (Å²) in [4.78, 5) is 4.44. The molecule has 0 radical (unpaired) electrons. The minimum absolute atomic E-state index is 0.441. The maximum absolute atomic E-state index is 4.44. The molecule has 0 spiro atoms. The van der Waals surface area contributed by atoms with E-state index in [1.165, 1.54) is 0 Å². The van der Waals surface area contributed by atoms with Crippen LogP contribution in [0.1, 0.15) is 26.7 Å². The summed E-state index contributed by atoms with van der Waals surface area (Å²) < 4.78 is 2.73. The average molecular weight is 283 g/mol. The van der Waals surface area contributed by atoms with E-state index in [-0.39, 0.29) is 0 Å². The number of nitrogens with one attached hydrogen (secondary N) is 1. The summed E-state index contributed by atoms with van der Waals surface area (Å²) in [6.45, 7) is 4.32. The average Bonchev–Trinajstić information content (AvgIpc) is 2.70. The Kier molecular flexibility index (Phi) is 3.43. The van der Waals surface area contributed by atoms with Gasteiger partial charge in [0.05, 0.1) is 4.47 Å². The summed E-state index contributed by atoms with van der Waals surface area (Å²) in [5, 5.41) is 7.70. The zero-order valence-electron chi connectivity index (χ0n) is 9.44. The van der Waals surface area contributed by atoms with E-state index < -0.39 is 0 Å². The van der Waals surface area contributed by atoms with E-state index in [1.807, 2.05) is 18.3 Å². The molecule has 2 aromatic rings. The Bertz CT molecular complexity index is 476. The number of anilines is 1. The molecule has 0 saturated heterocycles. The summed E-state index contributed by atoms with van der Waals surface area (Å²) in [6.07, 6.45) is 4.05. The molecular formula is C11H15BrN4. The van der Waals surface area contributed by atoms with Gasteiger partial charge in [0.15, 0.2) is 5.65 Å². The maximum atomic E-state index is 4.44. The molecular weight excluding hydrogens is 268 g/mol. The molecule has 2 heterocycles. The lowest BCUT2D eigenvalue weighted by molar-refractivity contribution is 0.664. The Hall–Kier alpha value is -1.10. The fourth-order valence-corrected chi connectivity index (χ4v) is 2.03. The number of aromatic nitrogens is 3. The molecule has 0 unspecified atom stereocenters. The summed E-state index contributed by atoms with van der Waals surface area (Å²) >= 11 is 3.46. The number of pyridine rings is 1. The van der Waals surface area contributed by atoms with Gasteiger partial charge in [-0.2, -0.15) is 4.98 Å². The third kappa shape index (κ3) is 2.19. The Labute approximate surface area is 103 Å². The molecule has 16 heavy (non-hydrogen) atoms. The van der Waals surface area contributed by atoms with Crippen LogP contribution in [0.3, 0.4) is 0 Å². The predicted molar refractivity (Wildman–Crippen MR) is 68.7 cm³/mol. The fraction of sp³-hybridized carbons (Fsp3) is 0.455. The number of hydrogen-bond acceptors (Lipinski definition) is 3. The SMILES string of the molecule is CCC(CC)Nc1nc2c(Br)cccn2n1. The van der Waals surface area contributed by atoms with Gasteiger partial charge in [0, 0.05) is 12.2 Å². The molecule has 0 amide bonds. The third-order valence-corrected chi connectivity index (χ3v) is 3.25. The Morgan fingerprint density at radius 2 is 2.19 bits per heavy atom. The first kappa shape index (κ1) is 11.4. The molecule has 4 nitrogen and oxygen atoms in total. The molecule has 86 valence electrons. The molecule has 2 rings (SSSR count). The lowest BCUT2D eigenvalue weighted by atomic mass is 10.2. The highest BCUT2D eigenvalue weighted by atomic mass is 79.9. The van der Waals surface area contributed by atoms with Gasteiger partial charge in [0.25, 0.3) is 0 Å². The van der Waals surface area contributed by atoms with Crippen LogP contribution in [0, 0.1) is 0 Å².